The number of carbonyl (C=O) groups is 1. The van der Waals surface area contributed by atoms with Gasteiger partial charge in [0.2, 0.25) is 0 Å². The number of aryl methyl sites for hydroxylation is 1. The number of anilines is 1. The van der Waals surface area contributed by atoms with Crippen LogP contribution in [0.5, 0.6) is 11.5 Å². The van der Waals surface area contributed by atoms with Gasteiger partial charge in [-0.05, 0) is 48.9 Å². The van der Waals surface area contributed by atoms with Gasteiger partial charge in [-0.25, -0.2) is 9.18 Å². The largest absolute Gasteiger partial charge is 0.478 e. The summed E-state index contributed by atoms with van der Waals surface area (Å²) in [5, 5.41) is 8.90. The van der Waals surface area contributed by atoms with Gasteiger partial charge in [0.25, 0.3) is 0 Å². The van der Waals surface area contributed by atoms with Crippen LogP contribution < -0.4 is 10.5 Å². The maximum Gasteiger partial charge on any atom is 0.335 e. The molecular formula is C14H12FNO3. The third kappa shape index (κ3) is 2.82. The van der Waals surface area contributed by atoms with Gasteiger partial charge < -0.3 is 15.6 Å². The number of nitrogens with two attached hydrogens (primary N) is 1. The molecule has 0 aromatic heterocycles. The number of ether oxygens (including phenoxy) is 1. The SMILES string of the molecule is Cc1cc(Oc2cc(C(=O)O)ccc2N)ccc1F. The first-order chi connectivity index (χ1) is 8.97. The van der Waals surface area contributed by atoms with Crippen molar-refractivity contribution in [2.75, 3.05) is 5.73 Å². The average Bonchev–Trinajstić information content (AvgIpc) is 2.36. The van der Waals surface area contributed by atoms with E-state index in [9.17, 15) is 9.18 Å². The minimum Gasteiger partial charge on any atom is -0.478 e. The summed E-state index contributed by atoms with van der Waals surface area (Å²) in [5.74, 6) is -0.779. The Morgan fingerprint density at radius 3 is 2.63 bits per heavy atom. The minimum atomic E-state index is -1.07. The molecule has 0 radical (unpaired) electrons. The third-order valence-corrected chi connectivity index (χ3v) is 2.62. The summed E-state index contributed by atoms with van der Waals surface area (Å²) in [7, 11) is 0. The average molecular weight is 261 g/mol. The summed E-state index contributed by atoms with van der Waals surface area (Å²) in [6.45, 7) is 1.61. The Kier molecular flexibility index (Phi) is 3.37. The normalized spacial score (nSPS) is 10.2. The lowest BCUT2D eigenvalue weighted by Crippen LogP contribution is -1.99. The maximum absolute atomic E-state index is 13.1. The van der Waals surface area contributed by atoms with Gasteiger partial charge in [-0.3, -0.25) is 0 Å². The standard InChI is InChI=1S/C14H12FNO3/c1-8-6-10(3-4-11(8)15)19-13-7-9(14(17)18)2-5-12(13)16/h2-7H,16H2,1H3,(H,17,18). The Morgan fingerprint density at radius 1 is 1.26 bits per heavy atom. The predicted octanol–water partition coefficient (Wildman–Crippen LogP) is 3.21. The summed E-state index contributed by atoms with van der Waals surface area (Å²) in [6.07, 6.45) is 0. The molecule has 0 atom stereocenters. The zero-order valence-electron chi connectivity index (χ0n) is 10.2. The van der Waals surface area contributed by atoms with Crippen LogP contribution in [0.15, 0.2) is 36.4 Å². The van der Waals surface area contributed by atoms with Crippen LogP contribution >= 0.6 is 0 Å². The van der Waals surface area contributed by atoms with Crippen LogP contribution in [-0.4, -0.2) is 11.1 Å². The van der Waals surface area contributed by atoms with E-state index in [1.807, 2.05) is 0 Å². The monoisotopic (exact) mass is 261 g/mol. The molecule has 98 valence electrons. The fourth-order valence-corrected chi connectivity index (χ4v) is 1.56. The Labute approximate surface area is 109 Å². The zero-order valence-corrected chi connectivity index (χ0v) is 10.2. The maximum atomic E-state index is 13.1. The lowest BCUT2D eigenvalue weighted by molar-refractivity contribution is 0.0696. The molecular weight excluding hydrogens is 249 g/mol. The van der Waals surface area contributed by atoms with E-state index in [4.69, 9.17) is 15.6 Å². The van der Waals surface area contributed by atoms with E-state index in [0.717, 1.165) is 0 Å². The summed E-state index contributed by atoms with van der Waals surface area (Å²) < 4.78 is 18.6. The quantitative estimate of drug-likeness (QED) is 0.832. The van der Waals surface area contributed by atoms with Crippen LogP contribution in [-0.2, 0) is 0 Å². The second-order valence-electron chi connectivity index (χ2n) is 4.07. The first-order valence-corrected chi connectivity index (χ1v) is 5.54. The topological polar surface area (TPSA) is 72.5 Å². The minimum absolute atomic E-state index is 0.0723. The molecule has 0 aliphatic carbocycles. The molecule has 0 aliphatic heterocycles. The van der Waals surface area contributed by atoms with E-state index in [0.29, 0.717) is 17.0 Å². The van der Waals surface area contributed by atoms with E-state index in [1.165, 1.54) is 36.4 Å². The number of aromatic carboxylic acids is 1. The van der Waals surface area contributed by atoms with Crippen LogP contribution in [0, 0.1) is 12.7 Å². The molecule has 19 heavy (non-hydrogen) atoms. The lowest BCUT2D eigenvalue weighted by atomic mass is 10.2. The highest BCUT2D eigenvalue weighted by Gasteiger charge is 2.09. The second kappa shape index (κ2) is 4.97. The number of hydrogen-bond donors (Lipinski definition) is 2. The molecule has 2 aromatic carbocycles. The molecule has 3 N–H and O–H groups in total. The molecule has 0 unspecified atom stereocenters. The van der Waals surface area contributed by atoms with Crippen LogP contribution in [0.1, 0.15) is 15.9 Å². The van der Waals surface area contributed by atoms with Gasteiger partial charge in [-0.2, -0.15) is 0 Å². The Bertz CT molecular complexity index is 641. The van der Waals surface area contributed by atoms with Crippen molar-refractivity contribution in [3.63, 3.8) is 0 Å². The fourth-order valence-electron chi connectivity index (χ4n) is 1.56. The smallest absolute Gasteiger partial charge is 0.335 e. The van der Waals surface area contributed by atoms with Gasteiger partial charge in [0, 0.05) is 0 Å². The van der Waals surface area contributed by atoms with Gasteiger partial charge in [0.05, 0.1) is 11.3 Å². The second-order valence-corrected chi connectivity index (χ2v) is 4.07. The molecule has 0 saturated carbocycles. The zero-order chi connectivity index (χ0) is 14.0. The summed E-state index contributed by atoms with van der Waals surface area (Å²) in [6, 6.07) is 8.42. The number of hydrogen-bond acceptors (Lipinski definition) is 3. The van der Waals surface area contributed by atoms with E-state index in [1.54, 1.807) is 6.92 Å². The predicted molar refractivity (Wildman–Crippen MR) is 69.0 cm³/mol. The van der Waals surface area contributed by atoms with E-state index >= 15 is 0 Å². The highest BCUT2D eigenvalue weighted by Crippen LogP contribution is 2.29. The number of carboxylic acid groups (broad SMARTS) is 1. The van der Waals surface area contributed by atoms with Crippen molar-refractivity contribution in [3.05, 3.63) is 53.3 Å². The van der Waals surface area contributed by atoms with Gasteiger partial charge in [-0.15, -0.1) is 0 Å². The van der Waals surface area contributed by atoms with E-state index in [2.05, 4.69) is 0 Å². The molecule has 5 heteroatoms. The highest BCUT2D eigenvalue weighted by atomic mass is 19.1. The highest BCUT2D eigenvalue weighted by molar-refractivity contribution is 5.89. The number of benzene rings is 2. The van der Waals surface area contributed by atoms with Crippen molar-refractivity contribution in [1.82, 2.24) is 0 Å². The molecule has 0 aliphatic rings. The molecule has 0 saturated heterocycles. The van der Waals surface area contributed by atoms with Crippen molar-refractivity contribution in [2.45, 2.75) is 6.92 Å². The number of carboxylic acids is 1. The molecule has 0 spiro atoms. The molecule has 0 amide bonds. The van der Waals surface area contributed by atoms with Crippen molar-refractivity contribution < 1.29 is 19.0 Å². The summed E-state index contributed by atoms with van der Waals surface area (Å²) in [5.41, 5.74) is 6.53. The van der Waals surface area contributed by atoms with Gasteiger partial charge >= 0.3 is 5.97 Å². The first-order valence-electron chi connectivity index (χ1n) is 5.54. The lowest BCUT2D eigenvalue weighted by Gasteiger charge is -2.10. The summed E-state index contributed by atoms with van der Waals surface area (Å²) >= 11 is 0. The van der Waals surface area contributed by atoms with Gasteiger partial charge in [0.1, 0.15) is 11.6 Å². The molecule has 0 bridgehead atoms. The third-order valence-electron chi connectivity index (χ3n) is 2.62. The Balaban J connectivity index is 2.34. The number of rotatable bonds is 3. The van der Waals surface area contributed by atoms with E-state index < -0.39 is 5.97 Å². The molecule has 2 aromatic rings. The molecule has 2 rings (SSSR count). The Hall–Kier alpha value is -2.56. The van der Waals surface area contributed by atoms with Crippen molar-refractivity contribution >= 4 is 11.7 Å². The fraction of sp³-hybridized carbons (Fsp3) is 0.0714. The Morgan fingerprint density at radius 2 is 2.00 bits per heavy atom. The van der Waals surface area contributed by atoms with Crippen LogP contribution in [0.25, 0.3) is 0 Å². The van der Waals surface area contributed by atoms with Crippen LogP contribution in [0.2, 0.25) is 0 Å². The van der Waals surface area contributed by atoms with E-state index in [-0.39, 0.29) is 17.1 Å². The van der Waals surface area contributed by atoms with Crippen molar-refractivity contribution in [1.29, 1.82) is 0 Å². The van der Waals surface area contributed by atoms with Gasteiger partial charge in [-0.1, -0.05) is 0 Å². The number of nitrogen functional groups attached to an aromatic ring is 1. The van der Waals surface area contributed by atoms with Crippen LogP contribution in [0.3, 0.4) is 0 Å². The summed E-state index contributed by atoms with van der Waals surface area (Å²) in [4.78, 5) is 10.9. The van der Waals surface area contributed by atoms with Gasteiger partial charge in [0.15, 0.2) is 5.75 Å². The van der Waals surface area contributed by atoms with Crippen molar-refractivity contribution in [2.24, 2.45) is 0 Å². The number of halogens is 1. The molecule has 0 fully saturated rings. The van der Waals surface area contributed by atoms with Crippen molar-refractivity contribution in [3.8, 4) is 11.5 Å². The molecule has 0 heterocycles. The van der Waals surface area contributed by atoms with Crippen LogP contribution in [0.4, 0.5) is 10.1 Å². The first kappa shape index (κ1) is 12.9. The molecule has 4 nitrogen and oxygen atoms in total.